The molecule has 1 fully saturated rings. The molecule has 3 N–H and O–H groups in total. The number of amides is 1. The monoisotopic (exact) mass is 290 g/mol. The van der Waals surface area contributed by atoms with E-state index in [4.69, 9.17) is 10.5 Å². The molecule has 4 heteroatoms. The maximum atomic E-state index is 12.5. The van der Waals surface area contributed by atoms with E-state index in [0.717, 1.165) is 30.6 Å². The van der Waals surface area contributed by atoms with Gasteiger partial charge in [-0.25, -0.2) is 0 Å². The van der Waals surface area contributed by atoms with Gasteiger partial charge in [0.2, 0.25) is 5.91 Å². The quantitative estimate of drug-likeness (QED) is 0.896. The number of hydrogen-bond acceptors (Lipinski definition) is 3. The van der Waals surface area contributed by atoms with Gasteiger partial charge in [0, 0.05) is 0 Å². The second-order valence-corrected chi connectivity index (χ2v) is 6.33. The molecule has 0 spiro atoms. The number of methoxy groups -OCH3 is 1. The average molecular weight is 290 g/mol. The van der Waals surface area contributed by atoms with E-state index in [-0.39, 0.29) is 11.9 Å². The number of carbonyl (C=O) groups excluding carboxylic acids is 1. The first-order valence-corrected chi connectivity index (χ1v) is 7.68. The predicted molar refractivity (Wildman–Crippen MR) is 84.1 cm³/mol. The van der Waals surface area contributed by atoms with Gasteiger partial charge >= 0.3 is 0 Å². The van der Waals surface area contributed by atoms with E-state index in [1.54, 1.807) is 7.11 Å². The van der Waals surface area contributed by atoms with Crippen LogP contribution >= 0.6 is 0 Å². The zero-order valence-corrected chi connectivity index (χ0v) is 13.2. The largest absolute Gasteiger partial charge is 0.497 e. The third-order valence-electron chi connectivity index (χ3n) is 4.45. The summed E-state index contributed by atoms with van der Waals surface area (Å²) in [6.45, 7) is 4.15. The summed E-state index contributed by atoms with van der Waals surface area (Å²) >= 11 is 0. The number of ether oxygens (including phenoxy) is 1. The van der Waals surface area contributed by atoms with Crippen LogP contribution in [0, 0.1) is 5.92 Å². The van der Waals surface area contributed by atoms with Crippen molar-refractivity contribution in [3.63, 3.8) is 0 Å². The van der Waals surface area contributed by atoms with Gasteiger partial charge in [-0.05, 0) is 43.4 Å². The Balaban J connectivity index is 2.00. The van der Waals surface area contributed by atoms with Crippen LogP contribution in [0.25, 0.3) is 0 Å². The van der Waals surface area contributed by atoms with Crippen molar-refractivity contribution in [1.82, 2.24) is 5.32 Å². The first-order chi connectivity index (χ1) is 9.94. The zero-order chi connectivity index (χ0) is 15.5. The van der Waals surface area contributed by atoms with Gasteiger partial charge in [0.15, 0.2) is 0 Å². The summed E-state index contributed by atoms with van der Waals surface area (Å²) in [5.41, 5.74) is 6.68. The number of benzene rings is 1. The minimum atomic E-state index is -0.710. The predicted octanol–water partition coefficient (Wildman–Crippen LogP) is 2.78. The van der Waals surface area contributed by atoms with Crippen LogP contribution in [0.5, 0.6) is 5.75 Å². The maximum Gasteiger partial charge on any atom is 0.240 e. The molecule has 3 unspecified atom stereocenters. The van der Waals surface area contributed by atoms with E-state index >= 15 is 0 Å². The Morgan fingerprint density at radius 2 is 2.10 bits per heavy atom. The van der Waals surface area contributed by atoms with Crippen molar-refractivity contribution in [2.75, 3.05) is 7.11 Å². The lowest BCUT2D eigenvalue weighted by molar-refractivity contribution is -0.128. The minimum Gasteiger partial charge on any atom is -0.497 e. The summed E-state index contributed by atoms with van der Waals surface area (Å²) in [5.74, 6) is 1.30. The Hall–Kier alpha value is -1.55. The first kappa shape index (κ1) is 15.8. The zero-order valence-electron chi connectivity index (χ0n) is 13.2. The standard InChI is InChI=1S/C17H26N2O2/c1-12-5-4-10-17(18,11-12)16(20)19-13(2)14-6-8-15(21-3)9-7-14/h6-9,12-13H,4-5,10-11,18H2,1-3H3,(H,19,20). The molecule has 1 aromatic carbocycles. The van der Waals surface area contributed by atoms with Gasteiger partial charge in [-0.15, -0.1) is 0 Å². The fourth-order valence-corrected chi connectivity index (χ4v) is 3.11. The third-order valence-corrected chi connectivity index (χ3v) is 4.45. The van der Waals surface area contributed by atoms with Crippen LogP contribution in [0.4, 0.5) is 0 Å². The molecule has 1 aliphatic carbocycles. The lowest BCUT2D eigenvalue weighted by atomic mass is 9.76. The molecule has 1 saturated carbocycles. The van der Waals surface area contributed by atoms with Crippen molar-refractivity contribution in [2.24, 2.45) is 11.7 Å². The molecular formula is C17H26N2O2. The molecule has 1 aliphatic rings. The van der Waals surface area contributed by atoms with Crippen LogP contribution < -0.4 is 15.8 Å². The average Bonchev–Trinajstić information content (AvgIpc) is 2.47. The third kappa shape index (κ3) is 3.76. The van der Waals surface area contributed by atoms with Crippen molar-refractivity contribution in [2.45, 2.75) is 51.1 Å². The fraction of sp³-hybridized carbons (Fsp3) is 0.588. The Bertz CT molecular complexity index is 486. The van der Waals surface area contributed by atoms with Gasteiger partial charge < -0.3 is 15.8 Å². The summed E-state index contributed by atoms with van der Waals surface area (Å²) in [4.78, 5) is 12.5. The molecule has 0 radical (unpaired) electrons. The summed E-state index contributed by atoms with van der Waals surface area (Å²) in [6.07, 6.45) is 3.74. The SMILES string of the molecule is COc1ccc(C(C)NC(=O)C2(N)CCCC(C)C2)cc1. The number of carbonyl (C=O) groups is 1. The van der Waals surface area contributed by atoms with Crippen LogP contribution in [-0.4, -0.2) is 18.6 Å². The van der Waals surface area contributed by atoms with Crippen LogP contribution in [0.3, 0.4) is 0 Å². The van der Waals surface area contributed by atoms with Crippen LogP contribution in [0.2, 0.25) is 0 Å². The van der Waals surface area contributed by atoms with Crippen molar-refractivity contribution >= 4 is 5.91 Å². The Morgan fingerprint density at radius 3 is 2.67 bits per heavy atom. The van der Waals surface area contributed by atoms with Gasteiger partial charge in [0.1, 0.15) is 5.75 Å². The van der Waals surface area contributed by atoms with Crippen molar-refractivity contribution < 1.29 is 9.53 Å². The molecule has 2 rings (SSSR count). The van der Waals surface area contributed by atoms with Crippen LogP contribution in [0.15, 0.2) is 24.3 Å². The Kier molecular flexibility index (Phi) is 4.88. The van der Waals surface area contributed by atoms with E-state index in [2.05, 4.69) is 12.2 Å². The van der Waals surface area contributed by atoms with Gasteiger partial charge in [-0.2, -0.15) is 0 Å². The second-order valence-electron chi connectivity index (χ2n) is 6.33. The summed E-state index contributed by atoms with van der Waals surface area (Å²) in [6, 6.07) is 7.69. The molecule has 3 atom stereocenters. The molecule has 4 nitrogen and oxygen atoms in total. The molecule has 116 valence electrons. The lowest BCUT2D eigenvalue weighted by Crippen LogP contribution is -2.56. The van der Waals surface area contributed by atoms with Crippen molar-refractivity contribution in [3.05, 3.63) is 29.8 Å². The first-order valence-electron chi connectivity index (χ1n) is 7.68. The van der Waals surface area contributed by atoms with E-state index in [9.17, 15) is 4.79 Å². The number of nitrogens with two attached hydrogens (primary N) is 1. The highest BCUT2D eigenvalue weighted by Gasteiger charge is 2.38. The number of nitrogens with one attached hydrogen (secondary N) is 1. The van der Waals surface area contributed by atoms with Gasteiger partial charge in [0.05, 0.1) is 18.7 Å². The normalized spacial score (nSPS) is 27.0. The molecule has 0 aliphatic heterocycles. The molecule has 0 heterocycles. The summed E-state index contributed by atoms with van der Waals surface area (Å²) in [7, 11) is 1.64. The van der Waals surface area contributed by atoms with Crippen molar-refractivity contribution in [3.8, 4) is 5.75 Å². The van der Waals surface area contributed by atoms with Crippen LogP contribution in [-0.2, 0) is 4.79 Å². The number of rotatable bonds is 4. The maximum absolute atomic E-state index is 12.5. The lowest BCUT2D eigenvalue weighted by Gasteiger charge is -2.36. The minimum absolute atomic E-state index is 0.0302. The van der Waals surface area contributed by atoms with E-state index in [1.807, 2.05) is 31.2 Å². The molecule has 0 bridgehead atoms. The highest BCUT2D eigenvalue weighted by Crippen LogP contribution is 2.31. The molecule has 21 heavy (non-hydrogen) atoms. The molecule has 0 saturated heterocycles. The van der Waals surface area contributed by atoms with Gasteiger partial charge in [-0.3, -0.25) is 4.79 Å². The fourth-order valence-electron chi connectivity index (χ4n) is 3.11. The van der Waals surface area contributed by atoms with Crippen LogP contribution in [0.1, 0.15) is 51.1 Å². The molecule has 1 aromatic rings. The number of hydrogen-bond donors (Lipinski definition) is 2. The van der Waals surface area contributed by atoms with E-state index in [1.165, 1.54) is 6.42 Å². The molecular weight excluding hydrogens is 264 g/mol. The second kappa shape index (κ2) is 6.48. The highest BCUT2D eigenvalue weighted by atomic mass is 16.5. The van der Waals surface area contributed by atoms with E-state index in [0.29, 0.717) is 5.92 Å². The van der Waals surface area contributed by atoms with Gasteiger partial charge in [-0.1, -0.05) is 31.9 Å². The highest BCUT2D eigenvalue weighted by molar-refractivity contribution is 5.86. The Labute approximate surface area is 127 Å². The van der Waals surface area contributed by atoms with Gasteiger partial charge in [0.25, 0.3) is 0 Å². The molecule has 1 amide bonds. The Morgan fingerprint density at radius 1 is 1.43 bits per heavy atom. The summed E-state index contributed by atoms with van der Waals surface area (Å²) in [5, 5.41) is 3.06. The summed E-state index contributed by atoms with van der Waals surface area (Å²) < 4.78 is 5.15. The smallest absolute Gasteiger partial charge is 0.240 e. The van der Waals surface area contributed by atoms with E-state index < -0.39 is 5.54 Å². The topological polar surface area (TPSA) is 64.3 Å². The molecule has 0 aromatic heterocycles. The van der Waals surface area contributed by atoms with Crippen molar-refractivity contribution in [1.29, 1.82) is 0 Å².